The fraction of sp³-hybridized carbons (Fsp3) is 0.118. The van der Waals surface area contributed by atoms with Crippen LogP contribution in [0.25, 0.3) is 0 Å². The van der Waals surface area contributed by atoms with Gasteiger partial charge < -0.3 is 0 Å². The van der Waals surface area contributed by atoms with Crippen molar-refractivity contribution in [1.82, 2.24) is 0 Å². The van der Waals surface area contributed by atoms with Crippen molar-refractivity contribution in [2.45, 2.75) is 21.6 Å². The van der Waals surface area contributed by atoms with E-state index in [2.05, 4.69) is 48.5 Å². The number of benzene rings is 5. The molecule has 0 radical (unpaired) electrons. The van der Waals surface area contributed by atoms with Gasteiger partial charge in [0.1, 0.15) is 9.75 Å². The number of rotatable bonds is 4. The summed E-state index contributed by atoms with van der Waals surface area (Å²) in [5, 5.41) is 1.32. The van der Waals surface area contributed by atoms with Crippen molar-refractivity contribution in [2.24, 2.45) is 0 Å². The van der Waals surface area contributed by atoms with Gasteiger partial charge in [0, 0.05) is 23.0 Å². The van der Waals surface area contributed by atoms with Gasteiger partial charge in [-0.2, -0.15) is 0 Å². The monoisotopic (exact) mass is 570 g/mol. The van der Waals surface area contributed by atoms with Crippen molar-refractivity contribution in [3.63, 3.8) is 0 Å². The number of alkyl halides is 2. The Morgan fingerprint density at radius 1 is 0.421 bits per heavy atom. The molecule has 0 saturated carbocycles. The smallest absolute Gasteiger partial charge is 0.106 e. The summed E-state index contributed by atoms with van der Waals surface area (Å²) in [7, 11) is 0. The first-order chi connectivity index (χ1) is 18.5. The Kier molecular flexibility index (Phi) is 5.69. The lowest BCUT2D eigenvalue weighted by molar-refractivity contribution is 0.471. The van der Waals surface area contributed by atoms with Gasteiger partial charge in [0.2, 0.25) is 0 Å². The van der Waals surface area contributed by atoms with Gasteiger partial charge in [-0.1, -0.05) is 145 Å². The second-order valence-corrected chi connectivity index (χ2v) is 11.9. The summed E-state index contributed by atoms with van der Waals surface area (Å²) in [5.41, 5.74) is 7.88. The molecule has 0 unspecified atom stereocenters. The van der Waals surface area contributed by atoms with E-state index in [0.29, 0.717) is 10.0 Å². The highest BCUT2D eigenvalue weighted by molar-refractivity contribution is 6.46. The maximum atomic E-state index is 7.70. The Labute approximate surface area is 242 Å². The standard InChI is InChI=1S/C34H22Cl4/c35-31-27-25(21-13-5-1-6-14-21)26(22-15-7-2-8-16-22)28(27)32(36)30-29(31)33(37,23-17-9-3-10-18-23)34(30,38)24-19-11-4-12-20-24/h1-20,25-26H/t25-,26+,33-,34-/m1/s1. The summed E-state index contributed by atoms with van der Waals surface area (Å²) < 4.78 is 0. The zero-order valence-corrected chi connectivity index (χ0v) is 23.2. The fourth-order valence-electron chi connectivity index (χ4n) is 6.56. The van der Waals surface area contributed by atoms with E-state index in [1.165, 1.54) is 11.1 Å². The lowest BCUT2D eigenvalue weighted by Gasteiger charge is -2.57. The first-order valence-corrected chi connectivity index (χ1v) is 14.1. The molecule has 38 heavy (non-hydrogen) atoms. The van der Waals surface area contributed by atoms with Gasteiger partial charge in [-0.25, -0.2) is 0 Å². The molecule has 5 aromatic carbocycles. The van der Waals surface area contributed by atoms with Crippen molar-refractivity contribution in [3.05, 3.63) is 176 Å². The quantitative estimate of drug-likeness (QED) is 0.188. The van der Waals surface area contributed by atoms with Crippen LogP contribution in [0.1, 0.15) is 56.3 Å². The minimum atomic E-state index is -1.10. The Hall–Kier alpha value is -2.74. The zero-order valence-electron chi connectivity index (χ0n) is 20.2. The zero-order chi connectivity index (χ0) is 26.1. The van der Waals surface area contributed by atoms with Crippen LogP contribution < -0.4 is 0 Å². The van der Waals surface area contributed by atoms with Crippen LogP contribution in [0.4, 0.5) is 0 Å². The number of halogens is 4. The van der Waals surface area contributed by atoms with Crippen LogP contribution in [0.3, 0.4) is 0 Å². The highest BCUT2D eigenvalue weighted by Crippen LogP contribution is 2.74. The van der Waals surface area contributed by atoms with Gasteiger partial charge in [0.15, 0.2) is 0 Å². The topological polar surface area (TPSA) is 0 Å². The molecule has 0 N–H and O–H groups in total. The Balaban J connectivity index is 1.55. The van der Waals surface area contributed by atoms with Crippen molar-refractivity contribution >= 4 is 46.4 Å². The molecule has 4 heteroatoms. The van der Waals surface area contributed by atoms with E-state index in [1.54, 1.807) is 0 Å². The first-order valence-electron chi connectivity index (χ1n) is 12.6. The average Bonchev–Trinajstić information content (AvgIpc) is 2.95. The SMILES string of the molecule is Clc1c2c(c(Cl)c3c1[C@](Cl)(c1ccccc1)[C@@]3(Cl)c1ccccc1)[C@H](c1ccccc1)[C@@H]2c1ccccc1. The van der Waals surface area contributed by atoms with E-state index in [9.17, 15) is 0 Å². The van der Waals surface area contributed by atoms with Crippen molar-refractivity contribution in [2.75, 3.05) is 0 Å². The Morgan fingerprint density at radius 2 is 0.711 bits per heavy atom. The Bertz CT molecular complexity index is 1530. The highest BCUT2D eigenvalue weighted by Gasteiger charge is 2.67. The minimum absolute atomic E-state index is 0.0580. The molecule has 4 atom stereocenters. The van der Waals surface area contributed by atoms with Crippen LogP contribution >= 0.6 is 46.4 Å². The lowest BCUT2D eigenvalue weighted by atomic mass is 9.54. The Morgan fingerprint density at radius 3 is 1.03 bits per heavy atom. The third kappa shape index (κ3) is 3.07. The average molecular weight is 572 g/mol. The third-order valence-corrected chi connectivity index (χ3v) is 10.5. The predicted molar refractivity (Wildman–Crippen MR) is 159 cm³/mol. The second-order valence-electron chi connectivity index (χ2n) is 10.0. The summed E-state index contributed by atoms with van der Waals surface area (Å²) in [6, 6.07) is 40.9. The molecule has 0 bridgehead atoms. The first kappa shape index (κ1) is 24.3. The lowest BCUT2D eigenvalue weighted by Crippen LogP contribution is -2.54. The molecular weight excluding hydrogens is 550 g/mol. The van der Waals surface area contributed by atoms with E-state index < -0.39 is 9.75 Å². The minimum Gasteiger partial charge on any atom is -0.106 e. The van der Waals surface area contributed by atoms with Crippen molar-refractivity contribution in [3.8, 4) is 0 Å². The summed E-state index contributed by atoms with van der Waals surface area (Å²) in [6.45, 7) is 0. The highest BCUT2D eigenvalue weighted by atomic mass is 35.5. The predicted octanol–water partition coefficient (Wildman–Crippen LogP) is 10.2. The molecule has 0 amide bonds. The molecule has 0 aliphatic heterocycles. The van der Waals surface area contributed by atoms with Crippen LogP contribution in [0.15, 0.2) is 121 Å². The van der Waals surface area contributed by atoms with Gasteiger partial charge >= 0.3 is 0 Å². The van der Waals surface area contributed by atoms with Gasteiger partial charge in [0.25, 0.3) is 0 Å². The van der Waals surface area contributed by atoms with Gasteiger partial charge in [-0.3, -0.25) is 0 Å². The maximum Gasteiger partial charge on any atom is 0.124 e. The molecule has 7 rings (SSSR count). The number of hydrogen-bond acceptors (Lipinski definition) is 0. The van der Waals surface area contributed by atoms with Crippen LogP contribution in [-0.2, 0) is 9.75 Å². The molecule has 2 aliphatic carbocycles. The van der Waals surface area contributed by atoms with E-state index in [1.807, 2.05) is 72.8 Å². The fourth-order valence-corrected chi connectivity index (χ4v) is 8.61. The molecule has 186 valence electrons. The van der Waals surface area contributed by atoms with Crippen molar-refractivity contribution in [1.29, 1.82) is 0 Å². The molecule has 0 fully saturated rings. The molecule has 2 aliphatic rings. The summed E-state index contributed by atoms with van der Waals surface area (Å²) in [4.78, 5) is -2.19. The van der Waals surface area contributed by atoms with Crippen molar-refractivity contribution < 1.29 is 0 Å². The summed E-state index contributed by atoms with van der Waals surface area (Å²) >= 11 is 30.2. The number of fused-ring (bicyclic) bond motifs is 2. The summed E-state index contributed by atoms with van der Waals surface area (Å²) in [5.74, 6) is 0.116. The summed E-state index contributed by atoms with van der Waals surface area (Å²) in [6.07, 6.45) is 0. The third-order valence-electron chi connectivity index (χ3n) is 8.23. The number of hydrogen-bond donors (Lipinski definition) is 0. The van der Waals surface area contributed by atoms with Gasteiger partial charge in [0.05, 0.1) is 10.0 Å². The van der Waals surface area contributed by atoms with Gasteiger partial charge in [-0.05, 0) is 33.4 Å². The van der Waals surface area contributed by atoms with Gasteiger partial charge in [-0.15, -0.1) is 23.2 Å². The van der Waals surface area contributed by atoms with E-state index in [4.69, 9.17) is 46.4 Å². The molecule has 0 saturated heterocycles. The van der Waals surface area contributed by atoms with E-state index in [0.717, 1.165) is 33.4 Å². The largest absolute Gasteiger partial charge is 0.124 e. The maximum absolute atomic E-state index is 7.70. The van der Waals surface area contributed by atoms with Crippen LogP contribution in [0, 0.1) is 0 Å². The second kappa shape index (κ2) is 8.90. The van der Waals surface area contributed by atoms with Crippen LogP contribution in [-0.4, -0.2) is 0 Å². The van der Waals surface area contributed by atoms with Crippen LogP contribution in [0.5, 0.6) is 0 Å². The molecular formula is C34H22Cl4. The normalized spacial score (nSPS) is 25.1. The van der Waals surface area contributed by atoms with E-state index >= 15 is 0 Å². The van der Waals surface area contributed by atoms with E-state index in [-0.39, 0.29) is 11.8 Å². The molecule has 5 aromatic rings. The molecule has 0 heterocycles. The van der Waals surface area contributed by atoms with Crippen LogP contribution in [0.2, 0.25) is 10.0 Å². The molecule has 0 spiro atoms. The molecule has 0 nitrogen and oxygen atoms in total. The molecule has 0 aromatic heterocycles.